The number of urea groups is 1. The molecule has 2 unspecified atom stereocenters. The molecule has 0 aromatic rings. The topological polar surface area (TPSA) is 49.6 Å². The van der Waals surface area contributed by atoms with Crippen LogP contribution in [0.5, 0.6) is 0 Å². The van der Waals surface area contributed by atoms with Crippen LogP contribution in [0.15, 0.2) is 0 Å². The first-order valence-electron chi connectivity index (χ1n) is 4.76. The van der Waals surface area contributed by atoms with Crippen LogP contribution in [-0.4, -0.2) is 48.6 Å². The van der Waals surface area contributed by atoms with Gasteiger partial charge in [-0.05, 0) is 19.8 Å². The molecule has 76 valence electrons. The van der Waals surface area contributed by atoms with E-state index in [1.165, 1.54) is 0 Å². The van der Waals surface area contributed by atoms with Gasteiger partial charge >= 0.3 is 6.03 Å². The smallest absolute Gasteiger partial charge is 0.319 e. The second-order valence-corrected chi connectivity index (χ2v) is 4.02. The number of carbonyl (C=O) groups excluding carboxylic acids is 1. The third-order valence-electron chi connectivity index (χ3n) is 2.55. The third-order valence-corrected chi connectivity index (χ3v) is 2.55. The van der Waals surface area contributed by atoms with Gasteiger partial charge in [-0.1, -0.05) is 0 Å². The number of nitrogens with zero attached hydrogens (tertiary/aromatic N) is 2. The normalized spacial score (nSPS) is 28.8. The van der Waals surface area contributed by atoms with Gasteiger partial charge in [0, 0.05) is 32.7 Å². The molecule has 0 aromatic heterocycles. The van der Waals surface area contributed by atoms with E-state index in [2.05, 4.69) is 6.92 Å². The van der Waals surface area contributed by atoms with Crippen LogP contribution >= 0.6 is 0 Å². The highest BCUT2D eigenvalue weighted by atomic mass is 16.2. The first-order chi connectivity index (χ1) is 6.02. The maximum atomic E-state index is 11.7. The van der Waals surface area contributed by atoms with Crippen molar-refractivity contribution in [1.82, 2.24) is 9.80 Å². The van der Waals surface area contributed by atoms with Gasteiger partial charge in [0.1, 0.15) is 0 Å². The summed E-state index contributed by atoms with van der Waals surface area (Å²) in [5, 5.41) is 0. The molecule has 1 aliphatic rings. The Morgan fingerprint density at radius 2 is 2.08 bits per heavy atom. The van der Waals surface area contributed by atoms with Gasteiger partial charge in [0.05, 0.1) is 0 Å². The van der Waals surface area contributed by atoms with Crippen LogP contribution in [-0.2, 0) is 0 Å². The summed E-state index contributed by atoms with van der Waals surface area (Å²) in [4.78, 5) is 15.1. The van der Waals surface area contributed by atoms with Crippen molar-refractivity contribution in [2.24, 2.45) is 5.73 Å². The number of hydrogen-bond acceptors (Lipinski definition) is 2. The molecule has 0 bridgehead atoms. The maximum Gasteiger partial charge on any atom is 0.319 e. The quantitative estimate of drug-likeness (QED) is 0.596. The van der Waals surface area contributed by atoms with Gasteiger partial charge in [-0.15, -0.1) is 0 Å². The fourth-order valence-electron chi connectivity index (χ4n) is 1.66. The van der Waals surface area contributed by atoms with E-state index in [4.69, 9.17) is 5.73 Å². The summed E-state index contributed by atoms with van der Waals surface area (Å²) in [5.41, 5.74) is 5.81. The van der Waals surface area contributed by atoms with Crippen molar-refractivity contribution in [3.8, 4) is 0 Å². The number of likely N-dealkylation sites (tertiary alicyclic amines) is 1. The lowest BCUT2D eigenvalue weighted by atomic mass is 10.0. The molecule has 0 spiro atoms. The van der Waals surface area contributed by atoms with Crippen molar-refractivity contribution in [2.45, 2.75) is 31.8 Å². The van der Waals surface area contributed by atoms with Gasteiger partial charge in [0.2, 0.25) is 0 Å². The molecule has 0 saturated carbocycles. The fraction of sp³-hybridized carbons (Fsp3) is 0.889. The molecule has 4 heteroatoms. The molecule has 1 heterocycles. The number of hydrogen-bond donors (Lipinski definition) is 1. The summed E-state index contributed by atoms with van der Waals surface area (Å²) >= 11 is 0. The van der Waals surface area contributed by atoms with Gasteiger partial charge in [-0.2, -0.15) is 0 Å². The van der Waals surface area contributed by atoms with E-state index in [1.807, 2.05) is 4.90 Å². The van der Waals surface area contributed by atoms with Crippen molar-refractivity contribution >= 4 is 6.03 Å². The molecule has 2 atom stereocenters. The SMILES string of the molecule is CC1CCC(N)CN1C(=O)N(C)C. The Morgan fingerprint density at radius 3 is 2.62 bits per heavy atom. The summed E-state index contributed by atoms with van der Waals surface area (Å²) in [6, 6.07) is 0.553. The fourth-order valence-corrected chi connectivity index (χ4v) is 1.66. The van der Waals surface area contributed by atoms with Crippen molar-refractivity contribution < 1.29 is 4.79 Å². The molecule has 0 aromatic carbocycles. The van der Waals surface area contributed by atoms with Crippen molar-refractivity contribution in [1.29, 1.82) is 0 Å². The van der Waals surface area contributed by atoms with Crippen LogP contribution < -0.4 is 5.73 Å². The van der Waals surface area contributed by atoms with Crippen molar-refractivity contribution in [3.63, 3.8) is 0 Å². The number of piperidine rings is 1. The molecule has 13 heavy (non-hydrogen) atoms. The van der Waals surface area contributed by atoms with Crippen LogP contribution in [0.4, 0.5) is 4.79 Å². The number of carbonyl (C=O) groups is 1. The molecule has 2 amide bonds. The number of nitrogens with two attached hydrogens (primary N) is 1. The minimum atomic E-state index is 0.0719. The highest BCUT2D eigenvalue weighted by molar-refractivity contribution is 5.74. The van der Waals surface area contributed by atoms with Gasteiger partial charge in [-0.3, -0.25) is 0 Å². The van der Waals surface area contributed by atoms with Gasteiger partial charge in [-0.25, -0.2) is 4.79 Å². The minimum Gasteiger partial charge on any atom is -0.331 e. The number of rotatable bonds is 0. The third kappa shape index (κ3) is 2.34. The van der Waals surface area contributed by atoms with E-state index < -0.39 is 0 Å². The Labute approximate surface area is 79.7 Å². The molecule has 1 rings (SSSR count). The van der Waals surface area contributed by atoms with Crippen LogP contribution in [0.2, 0.25) is 0 Å². The maximum absolute atomic E-state index is 11.7. The zero-order chi connectivity index (χ0) is 10.0. The Kier molecular flexibility index (Phi) is 3.14. The highest BCUT2D eigenvalue weighted by Crippen LogP contribution is 2.16. The predicted molar refractivity (Wildman–Crippen MR) is 52.5 cm³/mol. The first kappa shape index (κ1) is 10.3. The Morgan fingerprint density at radius 1 is 1.46 bits per heavy atom. The summed E-state index contributed by atoms with van der Waals surface area (Å²) in [7, 11) is 3.55. The molecule has 0 radical (unpaired) electrons. The lowest BCUT2D eigenvalue weighted by Gasteiger charge is -2.37. The molecule has 4 nitrogen and oxygen atoms in total. The largest absolute Gasteiger partial charge is 0.331 e. The molecule has 2 N–H and O–H groups in total. The van der Waals surface area contributed by atoms with Crippen LogP contribution in [0.25, 0.3) is 0 Å². The highest BCUT2D eigenvalue weighted by Gasteiger charge is 2.27. The average Bonchev–Trinajstić information content (AvgIpc) is 2.08. The summed E-state index contributed by atoms with van der Waals surface area (Å²) in [6.07, 6.45) is 2.04. The molecule has 1 aliphatic heterocycles. The second-order valence-electron chi connectivity index (χ2n) is 4.02. The van der Waals surface area contributed by atoms with E-state index in [0.29, 0.717) is 12.6 Å². The van der Waals surface area contributed by atoms with Gasteiger partial charge in [0.25, 0.3) is 0 Å². The molecular weight excluding hydrogens is 166 g/mol. The van der Waals surface area contributed by atoms with E-state index in [1.54, 1.807) is 19.0 Å². The van der Waals surface area contributed by atoms with Gasteiger partial charge in [0.15, 0.2) is 0 Å². The van der Waals surface area contributed by atoms with Crippen LogP contribution in [0.1, 0.15) is 19.8 Å². The molecule has 0 aliphatic carbocycles. The van der Waals surface area contributed by atoms with Gasteiger partial charge < -0.3 is 15.5 Å². The average molecular weight is 185 g/mol. The summed E-state index contributed by atoms with van der Waals surface area (Å²) in [5.74, 6) is 0. The van der Waals surface area contributed by atoms with Crippen molar-refractivity contribution in [2.75, 3.05) is 20.6 Å². The summed E-state index contributed by atoms with van der Waals surface area (Å²) in [6.45, 7) is 2.77. The lowest BCUT2D eigenvalue weighted by Crippen LogP contribution is -2.53. The zero-order valence-corrected chi connectivity index (χ0v) is 8.66. The van der Waals surface area contributed by atoms with E-state index in [0.717, 1.165) is 12.8 Å². The second kappa shape index (κ2) is 3.96. The predicted octanol–water partition coefficient (Wildman–Crippen LogP) is 0.480. The van der Waals surface area contributed by atoms with E-state index in [9.17, 15) is 4.79 Å². The first-order valence-corrected chi connectivity index (χ1v) is 4.76. The minimum absolute atomic E-state index is 0.0719. The zero-order valence-electron chi connectivity index (χ0n) is 8.66. The van der Waals surface area contributed by atoms with Crippen LogP contribution in [0, 0.1) is 0 Å². The lowest BCUT2D eigenvalue weighted by molar-refractivity contribution is 0.128. The van der Waals surface area contributed by atoms with E-state index in [-0.39, 0.29) is 12.1 Å². The monoisotopic (exact) mass is 185 g/mol. The Balaban J connectivity index is 2.60. The van der Waals surface area contributed by atoms with Crippen LogP contribution in [0.3, 0.4) is 0 Å². The van der Waals surface area contributed by atoms with Crippen molar-refractivity contribution in [3.05, 3.63) is 0 Å². The molecular formula is C9H19N3O. The molecule has 1 fully saturated rings. The summed E-state index contributed by atoms with van der Waals surface area (Å²) < 4.78 is 0. The van der Waals surface area contributed by atoms with E-state index >= 15 is 0 Å². The molecule has 1 saturated heterocycles. The standard InChI is InChI=1S/C9H19N3O/c1-7-4-5-8(10)6-12(7)9(13)11(2)3/h7-8H,4-6,10H2,1-3H3. The number of amides is 2. The Hall–Kier alpha value is -0.770. The Bertz CT molecular complexity index is 193.